The van der Waals surface area contributed by atoms with Gasteiger partial charge in [-0.05, 0) is 31.5 Å². The predicted octanol–water partition coefficient (Wildman–Crippen LogP) is 2.54. The van der Waals surface area contributed by atoms with Crippen LogP contribution in [0.15, 0.2) is 18.2 Å². The van der Waals surface area contributed by atoms with Gasteiger partial charge in [-0.1, -0.05) is 6.07 Å². The van der Waals surface area contributed by atoms with Gasteiger partial charge >= 0.3 is 13.6 Å². The molecule has 1 aromatic rings. The summed E-state index contributed by atoms with van der Waals surface area (Å²) in [5.41, 5.74) is 6.29. The summed E-state index contributed by atoms with van der Waals surface area (Å²) < 4.78 is 27.7. The molecular weight excluding hydrogens is 297 g/mol. The molecule has 0 aliphatic rings. The number of phenols is 1. The summed E-state index contributed by atoms with van der Waals surface area (Å²) in [6, 6.07) is 4.13. The minimum atomic E-state index is -3.54. The second-order valence-electron chi connectivity index (χ2n) is 4.14. The van der Waals surface area contributed by atoms with E-state index in [2.05, 4.69) is 0 Å². The van der Waals surface area contributed by atoms with Crippen LogP contribution in [0.25, 0.3) is 0 Å². The fraction of sp³-hybridized carbons (Fsp3) is 0.462. The van der Waals surface area contributed by atoms with Crippen LogP contribution >= 0.6 is 7.60 Å². The van der Waals surface area contributed by atoms with Gasteiger partial charge in [0, 0.05) is 6.92 Å². The smallest absolute Gasteiger partial charge is 0.351 e. The van der Waals surface area contributed by atoms with Crippen molar-refractivity contribution in [1.29, 1.82) is 0 Å². The number of benzene rings is 1. The Bertz CT molecular complexity index is 537. The van der Waals surface area contributed by atoms with Crippen LogP contribution in [0.2, 0.25) is 0 Å². The van der Waals surface area contributed by atoms with Crippen LogP contribution in [0.5, 0.6) is 11.5 Å². The van der Waals surface area contributed by atoms with Crippen molar-refractivity contribution >= 4 is 13.6 Å². The maximum Gasteiger partial charge on any atom is 0.351 e. The lowest BCUT2D eigenvalue weighted by atomic mass is 10.2. The summed E-state index contributed by atoms with van der Waals surface area (Å²) in [5, 5.41) is 9.81. The number of hydrogen-bond acceptors (Lipinski definition) is 7. The van der Waals surface area contributed by atoms with Crippen LogP contribution in [-0.2, 0) is 18.4 Å². The van der Waals surface area contributed by atoms with Crippen molar-refractivity contribution in [3.63, 3.8) is 0 Å². The van der Waals surface area contributed by atoms with E-state index < -0.39 is 19.3 Å². The van der Waals surface area contributed by atoms with Crippen molar-refractivity contribution < 1.29 is 28.3 Å². The third kappa shape index (κ3) is 4.54. The van der Waals surface area contributed by atoms with Crippen LogP contribution in [0, 0.1) is 0 Å². The predicted molar refractivity (Wildman–Crippen MR) is 77.2 cm³/mol. The number of carbonyl (C=O) groups is 1. The molecule has 0 amide bonds. The van der Waals surface area contributed by atoms with Gasteiger partial charge in [0.25, 0.3) is 0 Å². The highest BCUT2D eigenvalue weighted by atomic mass is 31.2. The lowest BCUT2D eigenvalue weighted by Gasteiger charge is -2.23. The van der Waals surface area contributed by atoms with Crippen LogP contribution in [-0.4, -0.2) is 24.3 Å². The van der Waals surface area contributed by atoms with Gasteiger partial charge in [-0.2, -0.15) is 0 Å². The molecule has 0 saturated carbocycles. The first-order chi connectivity index (χ1) is 9.84. The quantitative estimate of drug-likeness (QED) is 0.452. The molecule has 0 aliphatic carbocycles. The van der Waals surface area contributed by atoms with E-state index in [1.54, 1.807) is 13.8 Å². The van der Waals surface area contributed by atoms with Gasteiger partial charge in [0.05, 0.1) is 13.2 Å². The van der Waals surface area contributed by atoms with E-state index in [0.717, 1.165) is 0 Å². The number of hydrogen-bond donors (Lipinski definition) is 2. The van der Waals surface area contributed by atoms with Crippen LogP contribution in [0.1, 0.15) is 32.1 Å². The lowest BCUT2D eigenvalue weighted by molar-refractivity contribution is -0.132. The van der Waals surface area contributed by atoms with Gasteiger partial charge in [0.2, 0.25) is 0 Å². The molecule has 0 bridgehead atoms. The molecular formula is C13H20NO6P. The Kier molecular flexibility index (Phi) is 6.36. The molecule has 3 N–H and O–H groups in total. The Morgan fingerprint density at radius 1 is 1.33 bits per heavy atom. The van der Waals surface area contributed by atoms with Crippen molar-refractivity contribution in [1.82, 2.24) is 0 Å². The molecule has 1 aromatic carbocycles. The number of nitrogens with two attached hydrogens (primary N) is 1. The molecule has 118 valence electrons. The molecule has 21 heavy (non-hydrogen) atoms. The normalized spacial score (nSPS) is 13.0. The average Bonchev–Trinajstić information content (AvgIpc) is 2.40. The molecule has 8 heteroatoms. The molecule has 0 spiro atoms. The third-order valence-electron chi connectivity index (χ3n) is 2.54. The molecule has 0 aliphatic heterocycles. The van der Waals surface area contributed by atoms with Crippen LogP contribution in [0.3, 0.4) is 0 Å². The van der Waals surface area contributed by atoms with E-state index in [1.165, 1.54) is 25.1 Å². The summed E-state index contributed by atoms with van der Waals surface area (Å²) >= 11 is 0. The number of carbonyl (C=O) groups excluding carboxylic acids is 1. The standard InChI is InChI=1S/C13H20NO6P/c1-4-18-21(17,19-5-2)13(14)10-6-7-12(11(16)8-10)20-9(3)15/h6-8,13,16H,4-5,14H2,1-3H3/t13-/m0/s1. The number of rotatable bonds is 7. The van der Waals surface area contributed by atoms with E-state index in [4.69, 9.17) is 19.5 Å². The minimum absolute atomic E-state index is 0.00102. The highest BCUT2D eigenvalue weighted by molar-refractivity contribution is 7.54. The van der Waals surface area contributed by atoms with Crippen molar-refractivity contribution in [2.75, 3.05) is 13.2 Å². The number of phenolic OH excluding ortho intramolecular Hbond substituents is 1. The Hall–Kier alpha value is -1.40. The molecule has 0 fully saturated rings. The zero-order valence-electron chi connectivity index (χ0n) is 12.2. The summed E-state index contributed by atoms with van der Waals surface area (Å²) in [6.07, 6.45) is 0. The molecule has 7 nitrogen and oxygen atoms in total. The van der Waals surface area contributed by atoms with E-state index in [-0.39, 0.29) is 24.7 Å². The van der Waals surface area contributed by atoms with E-state index in [0.29, 0.717) is 5.56 Å². The first kappa shape index (κ1) is 17.7. The highest BCUT2D eigenvalue weighted by Gasteiger charge is 2.34. The Morgan fingerprint density at radius 3 is 2.33 bits per heavy atom. The van der Waals surface area contributed by atoms with Crippen molar-refractivity contribution in [2.45, 2.75) is 26.6 Å². The SMILES string of the molecule is CCOP(=O)(OCC)[C@H](N)c1ccc(OC(C)=O)c(O)c1. The van der Waals surface area contributed by atoms with Gasteiger partial charge in [-0.3, -0.25) is 9.36 Å². The topological polar surface area (TPSA) is 108 Å². The van der Waals surface area contributed by atoms with Crippen molar-refractivity contribution in [2.24, 2.45) is 5.73 Å². The molecule has 1 rings (SSSR count). The van der Waals surface area contributed by atoms with Crippen molar-refractivity contribution in [3.8, 4) is 11.5 Å². The monoisotopic (exact) mass is 317 g/mol. The first-order valence-electron chi connectivity index (χ1n) is 6.49. The zero-order chi connectivity index (χ0) is 16.0. The van der Waals surface area contributed by atoms with E-state index >= 15 is 0 Å². The summed E-state index contributed by atoms with van der Waals surface area (Å²) in [5.74, 6) is -1.88. The summed E-state index contributed by atoms with van der Waals surface area (Å²) in [6.45, 7) is 4.95. The summed E-state index contributed by atoms with van der Waals surface area (Å²) in [4.78, 5) is 10.9. The molecule has 0 radical (unpaired) electrons. The summed E-state index contributed by atoms with van der Waals surface area (Å²) in [7, 11) is -3.54. The highest BCUT2D eigenvalue weighted by Crippen LogP contribution is 2.58. The molecule has 0 saturated heterocycles. The van der Waals surface area contributed by atoms with E-state index in [1.807, 2.05) is 0 Å². The fourth-order valence-corrected chi connectivity index (χ4v) is 3.34. The van der Waals surface area contributed by atoms with Gasteiger partial charge < -0.3 is 24.6 Å². The van der Waals surface area contributed by atoms with Gasteiger partial charge in [0.15, 0.2) is 11.5 Å². The number of esters is 1. The minimum Gasteiger partial charge on any atom is -0.504 e. The lowest BCUT2D eigenvalue weighted by Crippen LogP contribution is -2.15. The van der Waals surface area contributed by atoms with Gasteiger partial charge in [-0.25, -0.2) is 0 Å². The molecule has 0 aromatic heterocycles. The molecule has 0 heterocycles. The second-order valence-corrected chi connectivity index (χ2v) is 6.29. The number of ether oxygens (including phenoxy) is 1. The number of aromatic hydroxyl groups is 1. The largest absolute Gasteiger partial charge is 0.504 e. The Balaban J connectivity index is 3.06. The Labute approximate surface area is 123 Å². The fourth-order valence-electron chi connectivity index (χ4n) is 1.70. The van der Waals surface area contributed by atoms with Gasteiger partial charge in [0.1, 0.15) is 5.78 Å². The van der Waals surface area contributed by atoms with Crippen LogP contribution < -0.4 is 10.5 Å². The maximum atomic E-state index is 12.6. The molecule has 0 unspecified atom stereocenters. The zero-order valence-corrected chi connectivity index (χ0v) is 13.1. The average molecular weight is 317 g/mol. The van der Waals surface area contributed by atoms with Crippen molar-refractivity contribution in [3.05, 3.63) is 23.8 Å². The first-order valence-corrected chi connectivity index (χ1v) is 8.11. The third-order valence-corrected chi connectivity index (χ3v) is 4.75. The molecule has 1 atom stereocenters. The Morgan fingerprint density at radius 2 is 1.90 bits per heavy atom. The van der Waals surface area contributed by atoms with Gasteiger partial charge in [-0.15, -0.1) is 0 Å². The van der Waals surface area contributed by atoms with Crippen LogP contribution in [0.4, 0.5) is 0 Å². The van der Waals surface area contributed by atoms with E-state index in [9.17, 15) is 14.5 Å². The second kappa shape index (κ2) is 7.56. The maximum absolute atomic E-state index is 12.6.